The van der Waals surface area contributed by atoms with Gasteiger partial charge in [-0.05, 0) is 37.5 Å². The number of carbonyl (C=O) groups is 1. The second-order valence-corrected chi connectivity index (χ2v) is 8.66. The van der Waals surface area contributed by atoms with Gasteiger partial charge in [0.1, 0.15) is 0 Å². The summed E-state index contributed by atoms with van der Waals surface area (Å²) in [5, 5.41) is 15.4. The van der Waals surface area contributed by atoms with Crippen LogP contribution in [0.4, 0.5) is 5.13 Å². The summed E-state index contributed by atoms with van der Waals surface area (Å²) in [6.07, 6.45) is 4.66. The van der Waals surface area contributed by atoms with Crippen molar-refractivity contribution >= 4 is 34.1 Å². The molecule has 1 aliphatic rings. The van der Waals surface area contributed by atoms with E-state index in [9.17, 15) is 4.79 Å². The van der Waals surface area contributed by atoms with E-state index < -0.39 is 0 Å². The summed E-state index contributed by atoms with van der Waals surface area (Å²) in [7, 11) is 0. The van der Waals surface area contributed by atoms with Crippen LogP contribution in [0.25, 0.3) is 0 Å². The van der Waals surface area contributed by atoms with E-state index in [4.69, 9.17) is 0 Å². The molecule has 0 aliphatic heterocycles. The number of rotatable bonds is 7. The van der Waals surface area contributed by atoms with Gasteiger partial charge >= 0.3 is 0 Å². The lowest BCUT2D eigenvalue weighted by atomic mass is 9.87. The summed E-state index contributed by atoms with van der Waals surface area (Å²) < 4.78 is 0.846. The van der Waals surface area contributed by atoms with Crippen molar-refractivity contribution in [2.24, 2.45) is 11.8 Å². The Bertz CT molecular complexity index is 470. The normalized spacial score (nSPS) is 21.8. The van der Waals surface area contributed by atoms with E-state index >= 15 is 0 Å². The molecule has 0 saturated heterocycles. The summed E-state index contributed by atoms with van der Waals surface area (Å²) in [5.74, 6) is 1.91. The highest BCUT2D eigenvalue weighted by Gasteiger charge is 2.19. The number of hydrogen-bond acceptors (Lipinski definition) is 6. The van der Waals surface area contributed by atoms with Crippen molar-refractivity contribution in [1.82, 2.24) is 15.5 Å². The van der Waals surface area contributed by atoms with Crippen molar-refractivity contribution in [3.05, 3.63) is 0 Å². The number of nitrogens with one attached hydrogen (secondary N) is 2. The Morgan fingerprint density at radius 3 is 2.73 bits per heavy atom. The summed E-state index contributed by atoms with van der Waals surface area (Å²) >= 11 is 2.98. The summed E-state index contributed by atoms with van der Waals surface area (Å²) in [4.78, 5) is 12.0. The standard InChI is InChI=1S/C15H26N4OS2/c1-10(2)8-16-14-18-19-15(22-14)21-9-13(20)17-12-6-4-11(3)5-7-12/h10-12H,4-9H2,1-3H3,(H,16,18)(H,17,20). The van der Waals surface area contributed by atoms with Gasteiger partial charge in [-0.15, -0.1) is 10.2 Å². The van der Waals surface area contributed by atoms with E-state index in [1.807, 2.05) is 0 Å². The smallest absolute Gasteiger partial charge is 0.230 e. The van der Waals surface area contributed by atoms with E-state index in [-0.39, 0.29) is 5.91 Å². The van der Waals surface area contributed by atoms with Gasteiger partial charge in [0.15, 0.2) is 4.34 Å². The molecule has 5 nitrogen and oxygen atoms in total. The highest BCUT2D eigenvalue weighted by molar-refractivity contribution is 8.01. The molecule has 0 radical (unpaired) electrons. The molecule has 1 heterocycles. The van der Waals surface area contributed by atoms with Gasteiger partial charge in [0, 0.05) is 12.6 Å². The summed E-state index contributed by atoms with van der Waals surface area (Å²) in [5.41, 5.74) is 0. The van der Waals surface area contributed by atoms with Gasteiger partial charge in [-0.25, -0.2) is 0 Å². The van der Waals surface area contributed by atoms with E-state index in [1.54, 1.807) is 0 Å². The maximum atomic E-state index is 12.0. The molecular formula is C15H26N4OS2. The van der Waals surface area contributed by atoms with Crippen molar-refractivity contribution in [2.45, 2.75) is 56.8 Å². The fourth-order valence-corrected chi connectivity index (χ4v) is 4.00. The fourth-order valence-electron chi connectivity index (χ4n) is 2.43. The van der Waals surface area contributed by atoms with Crippen LogP contribution in [0.3, 0.4) is 0 Å². The Kier molecular flexibility index (Phi) is 6.95. The fraction of sp³-hybridized carbons (Fsp3) is 0.800. The highest BCUT2D eigenvalue weighted by Crippen LogP contribution is 2.26. The van der Waals surface area contributed by atoms with Gasteiger partial charge in [0.05, 0.1) is 5.75 Å². The van der Waals surface area contributed by atoms with Crippen molar-refractivity contribution in [3.8, 4) is 0 Å². The Labute approximate surface area is 141 Å². The van der Waals surface area contributed by atoms with Crippen LogP contribution in [0, 0.1) is 11.8 Å². The predicted molar refractivity (Wildman–Crippen MR) is 93.5 cm³/mol. The van der Waals surface area contributed by atoms with E-state index in [2.05, 4.69) is 41.6 Å². The number of amides is 1. The number of carbonyl (C=O) groups excluding carboxylic acids is 1. The first-order valence-corrected chi connectivity index (χ1v) is 9.82. The largest absolute Gasteiger partial charge is 0.360 e. The molecule has 1 aliphatic carbocycles. The zero-order valence-electron chi connectivity index (χ0n) is 13.6. The summed E-state index contributed by atoms with van der Waals surface area (Å²) in [6.45, 7) is 7.48. The maximum absolute atomic E-state index is 12.0. The van der Waals surface area contributed by atoms with Crippen molar-refractivity contribution < 1.29 is 4.79 Å². The van der Waals surface area contributed by atoms with Crippen LogP contribution < -0.4 is 10.6 Å². The van der Waals surface area contributed by atoms with Crippen LogP contribution in [0.2, 0.25) is 0 Å². The molecule has 1 saturated carbocycles. The third kappa shape index (κ3) is 6.12. The minimum Gasteiger partial charge on any atom is -0.360 e. The van der Waals surface area contributed by atoms with E-state index in [0.29, 0.717) is 17.7 Å². The molecule has 1 fully saturated rings. The van der Waals surface area contributed by atoms with Gasteiger partial charge in [-0.2, -0.15) is 0 Å². The van der Waals surface area contributed by atoms with Gasteiger partial charge in [-0.1, -0.05) is 43.9 Å². The number of hydrogen-bond donors (Lipinski definition) is 2. The number of thioether (sulfide) groups is 1. The number of nitrogens with zero attached hydrogens (tertiary/aromatic N) is 2. The van der Waals surface area contributed by atoms with Crippen LogP contribution in [0.5, 0.6) is 0 Å². The SMILES string of the molecule is CC(C)CNc1nnc(SCC(=O)NC2CCC(C)CC2)s1. The number of aromatic nitrogens is 2. The molecular weight excluding hydrogens is 316 g/mol. The molecule has 0 atom stereocenters. The van der Waals surface area contributed by atoms with Gasteiger partial charge < -0.3 is 10.6 Å². The van der Waals surface area contributed by atoms with E-state index in [1.165, 1.54) is 35.9 Å². The topological polar surface area (TPSA) is 66.9 Å². The molecule has 1 amide bonds. The lowest BCUT2D eigenvalue weighted by molar-refractivity contribution is -0.119. The monoisotopic (exact) mass is 342 g/mol. The second-order valence-electron chi connectivity index (χ2n) is 6.46. The quantitative estimate of drug-likeness (QED) is 0.744. The van der Waals surface area contributed by atoms with Gasteiger partial charge in [0.2, 0.25) is 11.0 Å². The lowest BCUT2D eigenvalue weighted by Gasteiger charge is -2.26. The zero-order chi connectivity index (χ0) is 15.9. The third-order valence-electron chi connectivity index (χ3n) is 3.78. The minimum absolute atomic E-state index is 0.108. The lowest BCUT2D eigenvalue weighted by Crippen LogP contribution is -2.38. The molecule has 22 heavy (non-hydrogen) atoms. The van der Waals surface area contributed by atoms with Crippen molar-refractivity contribution in [1.29, 1.82) is 0 Å². The Morgan fingerprint density at radius 2 is 2.05 bits per heavy atom. The third-order valence-corrected chi connectivity index (χ3v) is 5.79. The average molecular weight is 343 g/mol. The zero-order valence-corrected chi connectivity index (χ0v) is 15.2. The average Bonchev–Trinajstić information content (AvgIpc) is 2.93. The van der Waals surface area contributed by atoms with Crippen LogP contribution >= 0.6 is 23.1 Å². The van der Waals surface area contributed by atoms with Gasteiger partial charge in [0.25, 0.3) is 0 Å². The minimum atomic E-state index is 0.108. The second kappa shape index (κ2) is 8.72. The van der Waals surface area contributed by atoms with Crippen LogP contribution in [-0.4, -0.2) is 34.4 Å². The molecule has 7 heteroatoms. The first-order chi connectivity index (χ1) is 10.5. The van der Waals surface area contributed by atoms with E-state index in [0.717, 1.165) is 34.8 Å². The molecule has 0 bridgehead atoms. The predicted octanol–water partition coefficient (Wildman–Crippen LogP) is 3.39. The molecule has 124 valence electrons. The molecule has 2 rings (SSSR count). The highest BCUT2D eigenvalue weighted by atomic mass is 32.2. The van der Waals surface area contributed by atoms with Gasteiger partial charge in [-0.3, -0.25) is 4.79 Å². The Balaban J connectivity index is 1.67. The Morgan fingerprint density at radius 1 is 1.32 bits per heavy atom. The molecule has 1 aromatic heterocycles. The van der Waals surface area contributed by atoms with Crippen LogP contribution in [-0.2, 0) is 4.79 Å². The maximum Gasteiger partial charge on any atom is 0.230 e. The molecule has 1 aromatic rings. The first-order valence-electron chi connectivity index (χ1n) is 8.02. The molecule has 0 unspecified atom stereocenters. The first kappa shape index (κ1) is 17.5. The van der Waals surface area contributed by atoms with Crippen molar-refractivity contribution in [3.63, 3.8) is 0 Å². The molecule has 2 N–H and O–H groups in total. The molecule has 0 spiro atoms. The molecule has 0 aromatic carbocycles. The van der Waals surface area contributed by atoms with Crippen molar-refractivity contribution in [2.75, 3.05) is 17.6 Å². The van der Waals surface area contributed by atoms with Crippen LogP contribution in [0.1, 0.15) is 46.5 Å². The summed E-state index contributed by atoms with van der Waals surface area (Å²) in [6, 6.07) is 0.363. The Hall–Kier alpha value is -0.820. The van der Waals surface area contributed by atoms with Crippen LogP contribution in [0.15, 0.2) is 4.34 Å². The number of anilines is 1.